The molecule has 0 aliphatic carbocycles. The quantitative estimate of drug-likeness (QED) is 0.849. The van der Waals surface area contributed by atoms with Gasteiger partial charge in [-0.1, -0.05) is 30.3 Å². The van der Waals surface area contributed by atoms with Crippen molar-refractivity contribution in [1.82, 2.24) is 9.78 Å². The third-order valence-electron chi connectivity index (χ3n) is 2.86. The number of hydrogen-bond acceptors (Lipinski definition) is 2. The number of rotatable bonds is 3. The van der Waals surface area contributed by atoms with E-state index in [1.165, 1.54) is 16.8 Å². The molecule has 0 atom stereocenters. The zero-order valence-electron chi connectivity index (χ0n) is 9.77. The Bertz CT molecular complexity index is 471. The van der Waals surface area contributed by atoms with Gasteiger partial charge in [0.1, 0.15) is 0 Å². The first-order valence-electron chi connectivity index (χ1n) is 5.52. The fourth-order valence-corrected chi connectivity index (χ4v) is 2.02. The Hall–Kier alpha value is -1.61. The summed E-state index contributed by atoms with van der Waals surface area (Å²) >= 11 is 0. The minimum atomic E-state index is 0.661. The van der Waals surface area contributed by atoms with Crippen molar-refractivity contribution < 1.29 is 0 Å². The highest BCUT2D eigenvalue weighted by Gasteiger charge is 2.12. The maximum Gasteiger partial charge on any atom is 0.0955 e. The molecule has 2 rings (SSSR count). The van der Waals surface area contributed by atoms with Crippen LogP contribution >= 0.6 is 0 Å². The van der Waals surface area contributed by atoms with Crippen molar-refractivity contribution in [3.05, 3.63) is 41.6 Å². The molecular formula is C13H17N3. The Labute approximate surface area is 95.9 Å². The molecule has 0 amide bonds. The number of aryl methyl sites for hydroxylation is 1. The third kappa shape index (κ3) is 1.86. The summed E-state index contributed by atoms with van der Waals surface area (Å²) in [4.78, 5) is 0. The van der Waals surface area contributed by atoms with E-state index in [1.54, 1.807) is 0 Å². The molecule has 0 saturated carbocycles. The second-order valence-electron chi connectivity index (χ2n) is 3.95. The summed E-state index contributed by atoms with van der Waals surface area (Å²) in [7, 11) is 1.98. The van der Waals surface area contributed by atoms with Gasteiger partial charge in [0.25, 0.3) is 0 Å². The van der Waals surface area contributed by atoms with Crippen LogP contribution < -0.4 is 5.73 Å². The molecule has 1 heterocycles. The minimum Gasteiger partial charge on any atom is -0.330 e. The number of nitrogens with two attached hydrogens (primary N) is 1. The average molecular weight is 215 g/mol. The second-order valence-corrected chi connectivity index (χ2v) is 3.95. The fourth-order valence-electron chi connectivity index (χ4n) is 2.02. The lowest BCUT2D eigenvalue weighted by atomic mass is 10.1. The van der Waals surface area contributed by atoms with E-state index in [-0.39, 0.29) is 0 Å². The standard InChI is InChI=1S/C13H17N3/c1-10-12(8-9-14)16(2)15-13(10)11-6-4-3-5-7-11/h3-7H,8-9,14H2,1-2H3. The maximum absolute atomic E-state index is 5.61. The minimum absolute atomic E-state index is 0.661. The van der Waals surface area contributed by atoms with Crippen LogP contribution in [0.3, 0.4) is 0 Å². The Morgan fingerprint density at radius 2 is 1.94 bits per heavy atom. The molecule has 0 bridgehead atoms. The molecule has 0 unspecified atom stereocenters. The van der Waals surface area contributed by atoms with E-state index >= 15 is 0 Å². The Balaban J connectivity index is 2.47. The summed E-state index contributed by atoms with van der Waals surface area (Å²) in [5, 5.41) is 4.56. The molecule has 2 aromatic rings. The van der Waals surface area contributed by atoms with Crippen LogP contribution in [0.2, 0.25) is 0 Å². The molecule has 3 heteroatoms. The largest absolute Gasteiger partial charge is 0.330 e. The lowest BCUT2D eigenvalue weighted by molar-refractivity contribution is 0.706. The zero-order valence-corrected chi connectivity index (χ0v) is 9.77. The normalized spacial score (nSPS) is 10.7. The summed E-state index contributed by atoms with van der Waals surface area (Å²) < 4.78 is 1.94. The highest BCUT2D eigenvalue weighted by molar-refractivity contribution is 5.63. The highest BCUT2D eigenvalue weighted by Crippen LogP contribution is 2.24. The van der Waals surface area contributed by atoms with Gasteiger partial charge in [-0.25, -0.2) is 0 Å². The molecule has 0 aliphatic heterocycles. The van der Waals surface area contributed by atoms with Gasteiger partial charge in [-0.2, -0.15) is 5.10 Å². The van der Waals surface area contributed by atoms with Gasteiger partial charge >= 0.3 is 0 Å². The number of aromatic nitrogens is 2. The topological polar surface area (TPSA) is 43.8 Å². The lowest BCUT2D eigenvalue weighted by Gasteiger charge is -2.00. The predicted molar refractivity (Wildman–Crippen MR) is 66.1 cm³/mol. The van der Waals surface area contributed by atoms with Gasteiger partial charge in [-0.15, -0.1) is 0 Å². The molecular weight excluding hydrogens is 198 g/mol. The summed E-state index contributed by atoms with van der Waals surface area (Å²) in [6.45, 7) is 2.77. The van der Waals surface area contributed by atoms with Crippen molar-refractivity contribution >= 4 is 0 Å². The summed E-state index contributed by atoms with van der Waals surface area (Å²) in [5.74, 6) is 0. The zero-order chi connectivity index (χ0) is 11.5. The van der Waals surface area contributed by atoms with Crippen molar-refractivity contribution in [2.45, 2.75) is 13.3 Å². The Kier molecular flexibility index (Phi) is 3.06. The van der Waals surface area contributed by atoms with E-state index in [4.69, 9.17) is 5.73 Å². The first-order chi connectivity index (χ1) is 7.74. The van der Waals surface area contributed by atoms with Crippen LogP contribution in [-0.2, 0) is 13.5 Å². The predicted octanol–water partition coefficient (Wildman–Crippen LogP) is 1.90. The first-order valence-corrected chi connectivity index (χ1v) is 5.52. The van der Waals surface area contributed by atoms with Crippen LogP contribution in [-0.4, -0.2) is 16.3 Å². The molecule has 0 radical (unpaired) electrons. The molecule has 0 aliphatic rings. The summed E-state index contributed by atoms with van der Waals surface area (Å²) in [6, 6.07) is 10.3. The molecule has 0 fully saturated rings. The monoisotopic (exact) mass is 215 g/mol. The van der Waals surface area contributed by atoms with Gasteiger partial charge in [-0.05, 0) is 19.0 Å². The van der Waals surface area contributed by atoms with Crippen molar-refractivity contribution in [2.75, 3.05) is 6.54 Å². The molecule has 2 N–H and O–H groups in total. The van der Waals surface area contributed by atoms with Gasteiger partial charge in [0.2, 0.25) is 0 Å². The molecule has 84 valence electrons. The lowest BCUT2D eigenvalue weighted by Crippen LogP contribution is -2.08. The van der Waals surface area contributed by atoms with Crippen molar-refractivity contribution in [3.63, 3.8) is 0 Å². The van der Waals surface area contributed by atoms with E-state index in [9.17, 15) is 0 Å². The summed E-state index contributed by atoms with van der Waals surface area (Å²) in [5.41, 5.74) is 10.3. The summed E-state index contributed by atoms with van der Waals surface area (Å²) in [6.07, 6.45) is 0.877. The van der Waals surface area contributed by atoms with Gasteiger partial charge in [0.15, 0.2) is 0 Å². The van der Waals surface area contributed by atoms with Gasteiger partial charge in [0.05, 0.1) is 5.69 Å². The van der Waals surface area contributed by atoms with E-state index in [2.05, 4.69) is 24.2 Å². The Morgan fingerprint density at radius 3 is 2.56 bits per heavy atom. The van der Waals surface area contributed by atoms with E-state index in [0.717, 1.165) is 12.1 Å². The van der Waals surface area contributed by atoms with Crippen molar-refractivity contribution in [3.8, 4) is 11.3 Å². The van der Waals surface area contributed by atoms with Crippen LogP contribution in [0.25, 0.3) is 11.3 Å². The van der Waals surface area contributed by atoms with E-state index in [0.29, 0.717) is 6.54 Å². The maximum atomic E-state index is 5.61. The van der Waals surface area contributed by atoms with Crippen LogP contribution in [0.1, 0.15) is 11.3 Å². The van der Waals surface area contributed by atoms with Gasteiger partial charge < -0.3 is 5.73 Å². The fraction of sp³-hybridized carbons (Fsp3) is 0.308. The first kappa shape index (κ1) is 10.9. The molecule has 1 aromatic heterocycles. The van der Waals surface area contributed by atoms with E-state index < -0.39 is 0 Å². The van der Waals surface area contributed by atoms with Crippen LogP contribution in [0.5, 0.6) is 0 Å². The molecule has 0 saturated heterocycles. The molecule has 1 aromatic carbocycles. The van der Waals surface area contributed by atoms with Crippen molar-refractivity contribution in [1.29, 1.82) is 0 Å². The van der Waals surface area contributed by atoms with Crippen LogP contribution in [0.15, 0.2) is 30.3 Å². The number of benzene rings is 1. The number of nitrogens with zero attached hydrogens (tertiary/aromatic N) is 2. The highest BCUT2D eigenvalue weighted by atomic mass is 15.3. The molecule has 3 nitrogen and oxygen atoms in total. The smallest absolute Gasteiger partial charge is 0.0955 e. The van der Waals surface area contributed by atoms with Crippen molar-refractivity contribution in [2.24, 2.45) is 12.8 Å². The van der Waals surface area contributed by atoms with Gasteiger partial charge in [0, 0.05) is 24.7 Å². The van der Waals surface area contributed by atoms with Gasteiger partial charge in [-0.3, -0.25) is 4.68 Å². The average Bonchev–Trinajstić information content (AvgIpc) is 2.59. The molecule has 0 spiro atoms. The van der Waals surface area contributed by atoms with Crippen LogP contribution in [0, 0.1) is 6.92 Å². The van der Waals surface area contributed by atoms with E-state index in [1.807, 2.05) is 29.9 Å². The molecule has 16 heavy (non-hydrogen) atoms. The SMILES string of the molecule is Cc1c(-c2ccccc2)nn(C)c1CCN. The Morgan fingerprint density at radius 1 is 1.25 bits per heavy atom. The third-order valence-corrected chi connectivity index (χ3v) is 2.86. The second kappa shape index (κ2) is 4.49. The number of hydrogen-bond donors (Lipinski definition) is 1. The van der Waals surface area contributed by atoms with Crippen LogP contribution in [0.4, 0.5) is 0 Å².